The van der Waals surface area contributed by atoms with Crippen LogP contribution in [0.15, 0.2) is 17.1 Å². The Hall–Kier alpha value is -2.41. The van der Waals surface area contributed by atoms with Crippen molar-refractivity contribution in [3.05, 3.63) is 39.4 Å². The van der Waals surface area contributed by atoms with Crippen LogP contribution in [0.2, 0.25) is 0 Å². The van der Waals surface area contributed by atoms with E-state index in [1.165, 1.54) is 6.07 Å². The second-order valence-electron chi connectivity index (χ2n) is 8.14. The standard InChI is InChI=1S/C22H25FN2O4/c1-2-29-22(27)16-11-25(14-5-6-14)19-15(21(16)26)10-18(23)20-17(19)12-28-9-7-13-4-3-8-24(13)20/h10-11,13-14H,2-9,12H2,1H3. The third-order valence-electron chi connectivity index (χ3n) is 6.28. The number of anilines is 1. The third-order valence-corrected chi connectivity index (χ3v) is 6.28. The van der Waals surface area contributed by atoms with Gasteiger partial charge in [0.25, 0.3) is 0 Å². The summed E-state index contributed by atoms with van der Waals surface area (Å²) >= 11 is 0. The predicted octanol–water partition coefficient (Wildman–Crippen LogP) is 3.54. The Morgan fingerprint density at radius 2 is 2.10 bits per heavy atom. The van der Waals surface area contributed by atoms with Gasteiger partial charge in [0, 0.05) is 42.4 Å². The molecule has 3 aliphatic rings. The number of pyridine rings is 1. The number of benzene rings is 1. The minimum Gasteiger partial charge on any atom is -0.462 e. The Kier molecular flexibility index (Phi) is 4.57. The topological polar surface area (TPSA) is 60.8 Å². The number of ether oxygens (including phenoxy) is 2. The van der Waals surface area contributed by atoms with Gasteiger partial charge in [0.2, 0.25) is 5.43 Å². The highest BCUT2D eigenvalue weighted by Gasteiger charge is 2.34. The molecule has 1 atom stereocenters. The SMILES string of the molecule is CCOC(=O)c1cn(C2CC2)c2c3c(c(F)cc2c1=O)N1CCCC1CCOC3. The molecule has 0 N–H and O–H groups in total. The Labute approximate surface area is 168 Å². The molecule has 1 aliphatic carbocycles. The summed E-state index contributed by atoms with van der Waals surface area (Å²) in [6.07, 6.45) is 6.49. The first-order valence-electron chi connectivity index (χ1n) is 10.5. The predicted molar refractivity (Wildman–Crippen MR) is 107 cm³/mol. The number of rotatable bonds is 3. The summed E-state index contributed by atoms with van der Waals surface area (Å²) in [6, 6.07) is 1.79. The van der Waals surface area contributed by atoms with E-state index in [0.29, 0.717) is 17.8 Å². The molecule has 0 amide bonds. The van der Waals surface area contributed by atoms with Gasteiger partial charge in [-0.15, -0.1) is 0 Å². The molecule has 2 aliphatic heterocycles. The van der Waals surface area contributed by atoms with E-state index < -0.39 is 17.2 Å². The van der Waals surface area contributed by atoms with Crippen LogP contribution >= 0.6 is 0 Å². The molecule has 3 heterocycles. The zero-order valence-corrected chi connectivity index (χ0v) is 16.6. The Balaban J connectivity index is 1.81. The lowest BCUT2D eigenvalue weighted by atomic mass is 10.0. The highest BCUT2D eigenvalue weighted by molar-refractivity contribution is 5.96. The second-order valence-corrected chi connectivity index (χ2v) is 8.14. The normalized spacial score (nSPS) is 21.4. The fourth-order valence-electron chi connectivity index (χ4n) is 4.82. The minimum atomic E-state index is -0.656. The summed E-state index contributed by atoms with van der Waals surface area (Å²) in [5.74, 6) is -1.07. The second kappa shape index (κ2) is 7.13. The van der Waals surface area contributed by atoms with Gasteiger partial charge in [-0.3, -0.25) is 4.79 Å². The van der Waals surface area contributed by atoms with Crippen LogP contribution in [0, 0.1) is 5.82 Å². The number of carbonyl (C=O) groups excluding carboxylic acids is 1. The van der Waals surface area contributed by atoms with Crippen molar-refractivity contribution in [1.82, 2.24) is 4.57 Å². The molecule has 1 saturated heterocycles. The zero-order chi connectivity index (χ0) is 20.1. The molecule has 6 nitrogen and oxygen atoms in total. The molecule has 1 aromatic heterocycles. The van der Waals surface area contributed by atoms with Crippen LogP contribution in [0.5, 0.6) is 0 Å². The van der Waals surface area contributed by atoms with E-state index in [9.17, 15) is 9.59 Å². The minimum absolute atomic E-state index is 0.0311. The van der Waals surface area contributed by atoms with Crippen molar-refractivity contribution in [2.45, 2.75) is 57.7 Å². The molecule has 0 bridgehead atoms. The maximum absolute atomic E-state index is 15.4. The molecule has 29 heavy (non-hydrogen) atoms. The number of fused-ring (bicyclic) bond motifs is 5. The van der Waals surface area contributed by atoms with Crippen LogP contribution in [0.4, 0.5) is 10.1 Å². The molecule has 5 rings (SSSR count). The van der Waals surface area contributed by atoms with Crippen molar-refractivity contribution in [2.24, 2.45) is 0 Å². The maximum Gasteiger partial charge on any atom is 0.343 e. The van der Waals surface area contributed by atoms with Crippen LogP contribution in [0.25, 0.3) is 10.9 Å². The molecule has 154 valence electrons. The van der Waals surface area contributed by atoms with E-state index in [1.807, 2.05) is 4.57 Å². The van der Waals surface area contributed by atoms with Crippen molar-refractivity contribution in [3.8, 4) is 0 Å². The fraction of sp³-hybridized carbons (Fsp3) is 0.545. The number of nitrogens with zero attached hydrogens (tertiary/aromatic N) is 2. The number of halogens is 1. The van der Waals surface area contributed by atoms with E-state index in [1.54, 1.807) is 13.1 Å². The lowest BCUT2D eigenvalue weighted by molar-refractivity contribution is 0.0524. The molecule has 0 spiro atoms. The number of aromatic nitrogens is 1. The molecule has 2 fully saturated rings. The first kappa shape index (κ1) is 18.6. The summed E-state index contributed by atoms with van der Waals surface area (Å²) in [4.78, 5) is 27.7. The fourth-order valence-corrected chi connectivity index (χ4v) is 4.82. The van der Waals surface area contributed by atoms with Gasteiger partial charge in [-0.05, 0) is 45.1 Å². The zero-order valence-electron chi connectivity index (χ0n) is 16.6. The third kappa shape index (κ3) is 3.03. The van der Waals surface area contributed by atoms with Crippen molar-refractivity contribution >= 4 is 22.6 Å². The number of hydrogen-bond acceptors (Lipinski definition) is 5. The van der Waals surface area contributed by atoms with Crippen LogP contribution in [0.3, 0.4) is 0 Å². The van der Waals surface area contributed by atoms with Crippen LogP contribution in [-0.2, 0) is 16.1 Å². The maximum atomic E-state index is 15.4. The quantitative estimate of drug-likeness (QED) is 0.738. The summed E-state index contributed by atoms with van der Waals surface area (Å²) in [5, 5.41) is 0.235. The van der Waals surface area contributed by atoms with Gasteiger partial charge in [-0.2, -0.15) is 0 Å². The van der Waals surface area contributed by atoms with Crippen LogP contribution in [0.1, 0.15) is 61.0 Å². The van der Waals surface area contributed by atoms with Crippen LogP contribution < -0.4 is 10.3 Å². The van der Waals surface area contributed by atoms with Gasteiger partial charge < -0.3 is 18.9 Å². The van der Waals surface area contributed by atoms with Crippen molar-refractivity contribution in [1.29, 1.82) is 0 Å². The van der Waals surface area contributed by atoms with Crippen molar-refractivity contribution in [2.75, 3.05) is 24.7 Å². The molecule has 0 radical (unpaired) electrons. The van der Waals surface area contributed by atoms with Gasteiger partial charge in [-0.1, -0.05) is 0 Å². The van der Waals surface area contributed by atoms with Crippen LogP contribution in [-0.4, -0.2) is 36.3 Å². The molecule has 1 unspecified atom stereocenters. The van der Waals surface area contributed by atoms with Gasteiger partial charge in [0.15, 0.2) is 0 Å². The first-order chi connectivity index (χ1) is 14.1. The number of carbonyl (C=O) groups is 1. The van der Waals surface area contributed by atoms with Gasteiger partial charge in [0.05, 0.1) is 24.4 Å². The smallest absolute Gasteiger partial charge is 0.343 e. The number of esters is 1. The number of hydrogen-bond donors (Lipinski definition) is 0. The molecule has 2 aromatic rings. The summed E-state index contributed by atoms with van der Waals surface area (Å²) in [5.41, 5.74) is 1.49. The Morgan fingerprint density at radius 3 is 2.86 bits per heavy atom. The van der Waals surface area contributed by atoms with Gasteiger partial charge >= 0.3 is 5.97 Å². The monoisotopic (exact) mass is 400 g/mol. The summed E-state index contributed by atoms with van der Waals surface area (Å²) < 4.78 is 28.3. The van der Waals surface area contributed by atoms with Gasteiger partial charge in [-0.25, -0.2) is 9.18 Å². The Morgan fingerprint density at radius 1 is 1.28 bits per heavy atom. The molecular weight excluding hydrogens is 375 g/mol. The van der Waals surface area contributed by atoms with Crippen molar-refractivity contribution < 1.29 is 18.7 Å². The highest BCUT2D eigenvalue weighted by atomic mass is 19.1. The largest absolute Gasteiger partial charge is 0.462 e. The molecule has 1 aromatic carbocycles. The average molecular weight is 400 g/mol. The molecule has 7 heteroatoms. The molecule has 1 saturated carbocycles. The van der Waals surface area contributed by atoms with Gasteiger partial charge in [0.1, 0.15) is 11.4 Å². The summed E-state index contributed by atoms with van der Waals surface area (Å²) in [6.45, 7) is 3.58. The Bertz CT molecular complexity index is 1040. The lowest BCUT2D eigenvalue weighted by Crippen LogP contribution is -2.34. The van der Waals surface area contributed by atoms with E-state index in [-0.39, 0.29) is 36.2 Å². The van der Waals surface area contributed by atoms with E-state index >= 15 is 4.39 Å². The first-order valence-corrected chi connectivity index (χ1v) is 10.5. The van der Waals surface area contributed by atoms with E-state index in [4.69, 9.17) is 9.47 Å². The molecular formula is C22H25FN2O4. The van der Waals surface area contributed by atoms with E-state index in [2.05, 4.69) is 4.90 Å². The van der Waals surface area contributed by atoms with E-state index in [0.717, 1.165) is 44.2 Å². The lowest BCUT2D eigenvalue weighted by Gasteiger charge is -2.32. The highest BCUT2D eigenvalue weighted by Crippen LogP contribution is 2.42. The van der Waals surface area contributed by atoms with Crippen molar-refractivity contribution in [3.63, 3.8) is 0 Å². The summed E-state index contributed by atoms with van der Waals surface area (Å²) in [7, 11) is 0. The average Bonchev–Trinajstić information content (AvgIpc) is 3.43.